The molecule has 1 unspecified atom stereocenters. The van der Waals surface area contributed by atoms with Crippen LogP contribution in [0.15, 0.2) is 18.5 Å². The second kappa shape index (κ2) is 3.47. The zero-order valence-electron chi connectivity index (χ0n) is 8.06. The van der Waals surface area contributed by atoms with E-state index in [0.717, 1.165) is 30.7 Å². The molecular weight excluding hydrogens is 214 g/mol. The molecule has 2 aromatic rings. The molecule has 0 radical (unpaired) electrons. The maximum absolute atomic E-state index is 5.96. The summed E-state index contributed by atoms with van der Waals surface area (Å²) in [5, 5.41) is 4.90. The number of fused-ring (bicyclic) bond motifs is 1. The lowest BCUT2D eigenvalue weighted by Crippen LogP contribution is -1.96. The third kappa shape index (κ3) is 1.50. The average Bonchev–Trinajstić information content (AvgIpc) is 2.86. The molecule has 5 heteroatoms. The number of ether oxygens (including phenoxy) is 1. The number of rotatable bonds is 1. The summed E-state index contributed by atoms with van der Waals surface area (Å²) < 4.78 is 7.31. The van der Waals surface area contributed by atoms with Crippen molar-refractivity contribution in [1.82, 2.24) is 14.6 Å². The summed E-state index contributed by atoms with van der Waals surface area (Å²) in [6, 6.07) is 1.95. The molecule has 1 aliphatic heterocycles. The molecular formula is C10H10ClN3O. The van der Waals surface area contributed by atoms with Gasteiger partial charge < -0.3 is 4.74 Å². The lowest BCUT2D eigenvalue weighted by Gasteiger charge is -2.03. The van der Waals surface area contributed by atoms with E-state index in [0.29, 0.717) is 5.15 Å². The second-order valence-electron chi connectivity index (χ2n) is 3.62. The van der Waals surface area contributed by atoms with Crippen molar-refractivity contribution >= 4 is 17.1 Å². The van der Waals surface area contributed by atoms with Crippen LogP contribution in [-0.4, -0.2) is 21.2 Å². The van der Waals surface area contributed by atoms with Gasteiger partial charge in [-0.2, -0.15) is 5.10 Å². The summed E-state index contributed by atoms with van der Waals surface area (Å²) in [5.41, 5.74) is 1.78. The summed E-state index contributed by atoms with van der Waals surface area (Å²) in [6.45, 7) is 0.824. The van der Waals surface area contributed by atoms with Gasteiger partial charge in [-0.05, 0) is 18.9 Å². The first-order valence-corrected chi connectivity index (χ1v) is 5.34. The van der Waals surface area contributed by atoms with Gasteiger partial charge in [-0.15, -0.1) is 0 Å². The summed E-state index contributed by atoms with van der Waals surface area (Å²) >= 11 is 5.96. The van der Waals surface area contributed by atoms with Crippen LogP contribution in [-0.2, 0) is 4.74 Å². The largest absolute Gasteiger partial charge is 0.372 e. The van der Waals surface area contributed by atoms with Gasteiger partial charge in [0.1, 0.15) is 11.6 Å². The van der Waals surface area contributed by atoms with Crippen LogP contribution < -0.4 is 0 Å². The highest BCUT2D eigenvalue weighted by Crippen LogP contribution is 2.29. The fraction of sp³-hybridized carbons (Fsp3) is 0.400. The predicted molar refractivity (Wildman–Crippen MR) is 55.9 cm³/mol. The van der Waals surface area contributed by atoms with Gasteiger partial charge in [0.15, 0.2) is 5.15 Å². The summed E-state index contributed by atoms with van der Waals surface area (Å²) in [4.78, 5) is 4.01. The molecule has 0 aromatic carbocycles. The quantitative estimate of drug-likeness (QED) is 0.744. The first-order valence-electron chi connectivity index (χ1n) is 4.96. The first-order chi connectivity index (χ1) is 7.34. The van der Waals surface area contributed by atoms with E-state index in [1.165, 1.54) is 0 Å². The van der Waals surface area contributed by atoms with E-state index in [9.17, 15) is 0 Å². The van der Waals surface area contributed by atoms with Crippen LogP contribution >= 0.6 is 11.6 Å². The van der Waals surface area contributed by atoms with Gasteiger partial charge in [-0.3, -0.25) is 0 Å². The Balaban J connectivity index is 2.09. The molecule has 1 saturated heterocycles. The number of aromatic nitrogens is 3. The third-order valence-electron chi connectivity index (χ3n) is 2.62. The van der Waals surface area contributed by atoms with E-state index >= 15 is 0 Å². The third-order valence-corrected chi connectivity index (χ3v) is 2.91. The van der Waals surface area contributed by atoms with Gasteiger partial charge >= 0.3 is 0 Å². The van der Waals surface area contributed by atoms with Crippen LogP contribution in [0.25, 0.3) is 5.52 Å². The molecule has 3 rings (SSSR count). The summed E-state index contributed by atoms with van der Waals surface area (Å²) in [6.07, 6.45) is 5.70. The summed E-state index contributed by atoms with van der Waals surface area (Å²) in [7, 11) is 0. The zero-order chi connectivity index (χ0) is 10.3. The molecule has 15 heavy (non-hydrogen) atoms. The molecule has 2 aromatic heterocycles. The zero-order valence-corrected chi connectivity index (χ0v) is 8.81. The minimum atomic E-state index is 0.126. The van der Waals surface area contributed by atoms with Crippen molar-refractivity contribution in [3.05, 3.63) is 29.3 Å². The van der Waals surface area contributed by atoms with E-state index < -0.39 is 0 Å². The molecule has 4 nitrogen and oxygen atoms in total. The van der Waals surface area contributed by atoms with Crippen molar-refractivity contribution in [2.75, 3.05) is 6.61 Å². The van der Waals surface area contributed by atoms with Crippen LogP contribution in [0.2, 0.25) is 5.15 Å². The molecule has 1 atom stereocenters. The number of halogens is 1. The van der Waals surface area contributed by atoms with Gasteiger partial charge in [-0.25, -0.2) is 9.50 Å². The van der Waals surface area contributed by atoms with Crippen molar-refractivity contribution in [2.24, 2.45) is 0 Å². The van der Waals surface area contributed by atoms with Gasteiger partial charge in [0.2, 0.25) is 0 Å². The number of nitrogens with zero attached hydrogens (tertiary/aromatic N) is 3. The van der Waals surface area contributed by atoms with Crippen LogP contribution in [0, 0.1) is 0 Å². The SMILES string of the molecule is Clc1nccn2nc(C3CCCO3)cc12. The Labute approximate surface area is 91.8 Å². The Morgan fingerprint density at radius 3 is 3.20 bits per heavy atom. The molecule has 78 valence electrons. The van der Waals surface area contributed by atoms with Crippen LogP contribution in [0.5, 0.6) is 0 Å². The molecule has 1 aliphatic rings. The standard InChI is InChI=1S/C10H10ClN3O/c11-10-8-6-7(9-2-1-5-15-9)13-14(8)4-3-12-10/h3-4,6,9H,1-2,5H2. The van der Waals surface area contributed by atoms with E-state index in [4.69, 9.17) is 16.3 Å². The molecule has 0 saturated carbocycles. The fourth-order valence-electron chi connectivity index (χ4n) is 1.88. The van der Waals surface area contributed by atoms with E-state index in [1.807, 2.05) is 6.07 Å². The van der Waals surface area contributed by atoms with Crippen molar-refractivity contribution in [3.8, 4) is 0 Å². The van der Waals surface area contributed by atoms with Gasteiger partial charge in [0.25, 0.3) is 0 Å². The maximum atomic E-state index is 5.96. The normalized spacial score (nSPS) is 21.3. The van der Waals surface area contributed by atoms with Crippen molar-refractivity contribution in [1.29, 1.82) is 0 Å². The first kappa shape index (κ1) is 9.12. The minimum absolute atomic E-state index is 0.126. The highest BCUT2D eigenvalue weighted by Gasteiger charge is 2.21. The van der Waals surface area contributed by atoms with Crippen molar-refractivity contribution in [2.45, 2.75) is 18.9 Å². The van der Waals surface area contributed by atoms with E-state index in [-0.39, 0.29) is 6.10 Å². The van der Waals surface area contributed by atoms with Gasteiger partial charge in [-0.1, -0.05) is 11.6 Å². The van der Waals surface area contributed by atoms with Gasteiger partial charge in [0, 0.05) is 19.0 Å². The van der Waals surface area contributed by atoms with Crippen LogP contribution in [0.1, 0.15) is 24.6 Å². The fourth-order valence-corrected chi connectivity index (χ4v) is 2.07. The van der Waals surface area contributed by atoms with Crippen molar-refractivity contribution < 1.29 is 4.74 Å². The predicted octanol–water partition coefficient (Wildman–Crippen LogP) is 2.23. The molecule has 0 amide bonds. The Morgan fingerprint density at radius 2 is 2.47 bits per heavy atom. The topological polar surface area (TPSA) is 39.4 Å². The van der Waals surface area contributed by atoms with E-state index in [2.05, 4.69) is 10.1 Å². The van der Waals surface area contributed by atoms with Gasteiger partial charge in [0.05, 0.1) is 5.69 Å². The maximum Gasteiger partial charge on any atom is 0.154 e. The molecule has 1 fully saturated rings. The highest BCUT2D eigenvalue weighted by molar-refractivity contribution is 6.32. The minimum Gasteiger partial charge on any atom is -0.372 e. The van der Waals surface area contributed by atoms with Crippen molar-refractivity contribution in [3.63, 3.8) is 0 Å². The molecule has 3 heterocycles. The lowest BCUT2D eigenvalue weighted by molar-refractivity contribution is 0.108. The smallest absolute Gasteiger partial charge is 0.154 e. The Morgan fingerprint density at radius 1 is 1.53 bits per heavy atom. The average molecular weight is 224 g/mol. The molecule has 0 bridgehead atoms. The number of hydrogen-bond donors (Lipinski definition) is 0. The Bertz CT molecular complexity index is 490. The second-order valence-corrected chi connectivity index (χ2v) is 3.98. The molecule has 0 N–H and O–H groups in total. The van der Waals surface area contributed by atoms with E-state index in [1.54, 1.807) is 16.9 Å². The van der Waals surface area contributed by atoms with Crippen LogP contribution in [0.3, 0.4) is 0 Å². The molecule has 0 aliphatic carbocycles. The lowest BCUT2D eigenvalue weighted by atomic mass is 10.2. The Hall–Kier alpha value is -1.13. The number of hydrogen-bond acceptors (Lipinski definition) is 3. The Kier molecular flexibility index (Phi) is 2.11. The molecule has 0 spiro atoms. The summed E-state index contributed by atoms with van der Waals surface area (Å²) in [5.74, 6) is 0. The van der Waals surface area contributed by atoms with Crippen LogP contribution in [0.4, 0.5) is 0 Å². The monoisotopic (exact) mass is 223 g/mol. The highest BCUT2D eigenvalue weighted by atomic mass is 35.5.